The summed E-state index contributed by atoms with van der Waals surface area (Å²) in [6.07, 6.45) is -7.60. The molecule has 0 aliphatic rings. The van der Waals surface area contributed by atoms with Crippen LogP contribution >= 0.6 is 0 Å². The Hall–Kier alpha value is -3.71. The Kier molecular flexibility index (Phi) is 5.81. The van der Waals surface area contributed by atoms with Crippen molar-refractivity contribution >= 4 is 12.2 Å². The standard InChI is InChI=1S/C17H10F7N5O2/c18-10-1-9(2-12(3-10)31-7-16(19,20)21)13-4-14(27-8-30)28-29(13)11-5-25-15(26-6-11)17(22,23)24/h1-6,8H,7H2,(H,27,28,30). The second-order valence-electron chi connectivity index (χ2n) is 5.93. The molecule has 0 fully saturated rings. The summed E-state index contributed by atoms with van der Waals surface area (Å²) in [5, 5.41) is 6.16. The van der Waals surface area contributed by atoms with Gasteiger partial charge in [-0.15, -0.1) is 5.10 Å². The van der Waals surface area contributed by atoms with E-state index in [-0.39, 0.29) is 29.2 Å². The number of aromatic nitrogens is 4. The van der Waals surface area contributed by atoms with Crippen molar-refractivity contribution in [1.29, 1.82) is 0 Å². The van der Waals surface area contributed by atoms with E-state index < -0.39 is 36.4 Å². The van der Waals surface area contributed by atoms with E-state index >= 15 is 0 Å². The van der Waals surface area contributed by atoms with Crippen LogP contribution in [0.25, 0.3) is 16.9 Å². The van der Waals surface area contributed by atoms with Crippen LogP contribution in [0.4, 0.5) is 36.6 Å². The second-order valence-corrected chi connectivity index (χ2v) is 5.93. The molecule has 0 aliphatic carbocycles. The van der Waals surface area contributed by atoms with E-state index in [0.29, 0.717) is 0 Å². The number of rotatable bonds is 6. The van der Waals surface area contributed by atoms with Crippen molar-refractivity contribution in [3.63, 3.8) is 0 Å². The van der Waals surface area contributed by atoms with Crippen LogP contribution in [0, 0.1) is 5.82 Å². The quantitative estimate of drug-likeness (QED) is 0.455. The van der Waals surface area contributed by atoms with Crippen LogP contribution in [0.5, 0.6) is 5.75 Å². The molecule has 1 amide bonds. The van der Waals surface area contributed by atoms with E-state index in [9.17, 15) is 35.5 Å². The number of nitrogens with one attached hydrogen (secondary N) is 1. The van der Waals surface area contributed by atoms with Gasteiger partial charge in [0.15, 0.2) is 12.4 Å². The largest absolute Gasteiger partial charge is 0.484 e. The van der Waals surface area contributed by atoms with Crippen LogP contribution in [0.15, 0.2) is 36.7 Å². The highest BCUT2D eigenvalue weighted by Gasteiger charge is 2.34. The van der Waals surface area contributed by atoms with Crippen molar-refractivity contribution in [2.45, 2.75) is 12.4 Å². The lowest BCUT2D eigenvalue weighted by Gasteiger charge is -2.12. The normalized spacial score (nSPS) is 12.0. The Morgan fingerprint density at radius 3 is 2.29 bits per heavy atom. The first kappa shape index (κ1) is 22.0. The molecule has 2 heterocycles. The van der Waals surface area contributed by atoms with Gasteiger partial charge in [-0.1, -0.05) is 0 Å². The Labute approximate surface area is 168 Å². The fraction of sp³-hybridized carbons (Fsp3) is 0.176. The van der Waals surface area contributed by atoms with Crippen LogP contribution in [0.3, 0.4) is 0 Å². The van der Waals surface area contributed by atoms with E-state index in [1.165, 1.54) is 6.07 Å². The molecule has 0 saturated carbocycles. The molecule has 14 heteroatoms. The zero-order valence-electron chi connectivity index (χ0n) is 15.0. The van der Waals surface area contributed by atoms with E-state index in [4.69, 9.17) is 0 Å². The zero-order chi connectivity index (χ0) is 22.8. The molecule has 1 N–H and O–H groups in total. The summed E-state index contributed by atoms with van der Waals surface area (Å²) in [5.41, 5.74) is -0.128. The van der Waals surface area contributed by atoms with Crippen molar-refractivity contribution in [1.82, 2.24) is 19.7 Å². The molecule has 2 aromatic heterocycles. The first-order chi connectivity index (χ1) is 14.5. The monoisotopic (exact) mass is 449 g/mol. The van der Waals surface area contributed by atoms with Crippen molar-refractivity contribution in [3.8, 4) is 22.7 Å². The fourth-order valence-corrected chi connectivity index (χ4v) is 2.45. The van der Waals surface area contributed by atoms with Gasteiger partial charge in [0, 0.05) is 17.7 Å². The Bertz CT molecular complexity index is 1080. The summed E-state index contributed by atoms with van der Waals surface area (Å²) in [4.78, 5) is 17.1. The van der Waals surface area contributed by atoms with Gasteiger partial charge in [0.25, 0.3) is 0 Å². The van der Waals surface area contributed by atoms with Gasteiger partial charge in [0.2, 0.25) is 12.2 Å². The van der Waals surface area contributed by atoms with E-state index in [2.05, 4.69) is 25.1 Å². The summed E-state index contributed by atoms with van der Waals surface area (Å²) < 4.78 is 94.7. The number of carbonyl (C=O) groups is 1. The summed E-state index contributed by atoms with van der Waals surface area (Å²) in [5.74, 6) is -2.89. The molecule has 164 valence electrons. The first-order valence-electron chi connectivity index (χ1n) is 8.16. The van der Waals surface area contributed by atoms with Gasteiger partial charge in [-0.3, -0.25) is 4.79 Å². The number of alkyl halides is 6. The van der Waals surface area contributed by atoms with Crippen molar-refractivity contribution < 1.29 is 40.3 Å². The maximum atomic E-state index is 14.0. The molecule has 0 radical (unpaired) electrons. The molecule has 7 nitrogen and oxygen atoms in total. The number of hydrogen-bond donors (Lipinski definition) is 1. The lowest BCUT2D eigenvalue weighted by atomic mass is 10.1. The SMILES string of the molecule is O=CNc1cc(-c2cc(F)cc(OCC(F)(F)F)c2)n(-c2cnc(C(F)(F)F)nc2)n1. The highest BCUT2D eigenvalue weighted by atomic mass is 19.4. The van der Waals surface area contributed by atoms with Crippen molar-refractivity contribution in [2.24, 2.45) is 0 Å². The van der Waals surface area contributed by atoms with Gasteiger partial charge >= 0.3 is 12.4 Å². The molecule has 0 unspecified atom stereocenters. The fourth-order valence-electron chi connectivity index (χ4n) is 2.45. The lowest BCUT2D eigenvalue weighted by molar-refractivity contribution is -0.153. The molecule has 0 aliphatic heterocycles. The lowest BCUT2D eigenvalue weighted by Crippen LogP contribution is -2.19. The van der Waals surface area contributed by atoms with E-state index in [0.717, 1.165) is 35.3 Å². The number of benzene rings is 1. The van der Waals surface area contributed by atoms with Crippen molar-refractivity contribution in [2.75, 3.05) is 11.9 Å². The molecular formula is C17H10F7N5O2. The van der Waals surface area contributed by atoms with E-state index in [1.807, 2.05) is 0 Å². The molecule has 3 rings (SSSR count). The maximum absolute atomic E-state index is 14.0. The number of amides is 1. The Morgan fingerprint density at radius 2 is 1.71 bits per heavy atom. The molecule has 0 saturated heterocycles. The molecule has 0 spiro atoms. The summed E-state index contributed by atoms with van der Waals surface area (Å²) in [6.45, 7) is -1.67. The number of anilines is 1. The minimum Gasteiger partial charge on any atom is -0.484 e. The predicted octanol–water partition coefficient (Wildman–Crippen LogP) is 4.00. The number of carbonyl (C=O) groups excluding carboxylic acids is 1. The summed E-state index contributed by atoms with van der Waals surface area (Å²) in [6, 6.07) is 3.94. The van der Waals surface area contributed by atoms with Crippen LogP contribution in [0.2, 0.25) is 0 Å². The van der Waals surface area contributed by atoms with Crippen LogP contribution in [-0.2, 0) is 11.0 Å². The maximum Gasteiger partial charge on any atom is 0.451 e. The number of halogens is 7. The molecule has 0 bridgehead atoms. The third-order valence-electron chi connectivity index (χ3n) is 3.62. The van der Waals surface area contributed by atoms with E-state index in [1.54, 1.807) is 0 Å². The average molecular weight is 449 g/mol. The van der Waals surface area contributed by atoms with Crippen LogP contribution in [-0.4, -0.2) is 38.9 Å². The van der Waals surface area contributed by atoms with Gasteiger partial charge in [0.1, 0.15) is 17.3 Å². The molecule has 1 aromatic carbocycles. The summed E-state index contributed by atoms with van der Waals surface area (Å²) in [7, 11) is 0. The average Bonchev–Trinajstić information content (AvgIpc) is 3.09. The Balaban J connectivity index is 2.05. The number of nitrogens with zero attached hydrogens (tertiary/aromatic N) is 4. The third kappa shape index (κ3) is 5.46. The smallest absolute Gasteiger partial charge is 0.451 e. The van der Waals surface area contributed by atoms with Crippen LogP contribution < -0.4 is 10.1 Å². The van der Waals surface area contributed by atoms with Crippen molar-refractivity contribution in [3.05, 3.63) is 48.3 Å². The van der Waals surface area contributed by atoms with Crippen LogP contribution in [0.1, 0.15) is 5.82 Å². The summed E-state index contributed by atoms with van der Waals surface area (Å²) >= 11 is 0. The Morgan fingerprint density at radius 1 is 1.03 bits per heavy atom. The first-order valence-corrected chi connectivity index (χ1v) is 8.16. The number of ether oxygens (including phenoxy) is 1. The van der Waals surface area contributed by atoms with Gasteiger partial charge < -0.3 is 10.1 Å². The topological polar surface area (TPSA) is 81.9 Å². The van der Waals surface area contributed by atoms with Gasteiger partial charge in [-0.2, -0.15) is 26.3 Å². The molecule has 0 atom stereocenters. The van der Waals surface area contributed by atoms with Gasteiger partial charge in [0.05, 0.1) is 18.1 Å². The minimum absolute atomic E-state index is 0.00377. The van der Waals surface area contributed by atoms with Gasteiger partial charge in [-0.25, -0.2) is 19.0 Å². The number of hydrogen-bond acceptors (Lipinski definition) is 5. The highest BCUT2D eigenvalue weighted by Crippen LogP contribution is 2.31. The zero-order valence-corrected chi connectivity index (χ0v) is 15.0. The highest BCUT2D eigenvalue weighted by molar-refractivity contribution is 5.74. The second kappa shape index (κ2) is 8.20. The molecular weight excluding hydrogens is 439 g/mol. The minimum atomic E-state index is -4.79. The molecule has 31 heavy (non-hydrogen) atoms. The predicted molar refractivity (Wildman–Crippen MR) is 90.8 cm³/mol. The molecule has 3 aromatic rings. The third-order valence-corrected chi connectivity index (χ3v) is 3.62. The van der Waals surface area contributed by atoms with Gasteiger partial charge in [-0.05, 0) is 12.1 Å².